The molecule has 0 amide bonds. The molecule has 0 saturated heterocycles. The predicted octanol–water partition coefficient (Wildman–Crippen LogP) is 2.25. The Labute approximate surface area is 160 Å². The minimum atomic E-state index is -0.765. The number of nitrogens with one attached hydrogen (secondary N) is 1. The molecule has 0 atom stereocenters. The van der Waals surface area contributed by atoms with Crippen LogP contribution in [0.25, 0.3) is 0 Å². The summed E-state index contributed by atoms with van der Waals surface area (Å²) in [5, 5.41) is 10.5. The van der Waals surface area contributed by atoms with Crippen molar-refractivity contribution in [2.24, 2.45) is 4.99 Å². The van der Waals surface area contributed by atoms with Gasteiger partial charge in [0.05, 0.1) is 12.2 Å². The lowest BCUT2D eigenvalue weighted by Crippen LogP contribution is -2.32. The number of aliphatic imine (C=N–C) groups is 1. The van der Waals surface area contributed by atoms with Gasteiger partial charge in [0, 0.05) is 26.0 Å². The number of rotatable bonds is 5. The van der Waals surface area contributed by atoms with Gasteiger partial charge < -0.3 is 10.0 Å². The predicted molar refractivity (Wildman–Crippen MR) is 107 cm³/mol. The van der Waals surface area contributed by atoms with E-state index in [0.717, 1.165) is 10.3 Å². The quantitative estimate of drug-likeness (QED) is 0.662. The zero-order valence-corrected chi connectivity index (χ0v) is 15.4. The van der Waals surface area contributed by atoms with Crippen molar-refractivity contribution in [3.8, 4) is 5.88 Å². The van der Waals surface area contributed by atoms with Gasteiger partial charge in [0.2, 0.25) is 5.88 Å². The highest BCUT2D eigenvalue weighted by Crippen LogP contribution is 2.20. The summed E-state index contributed by atoms with van der Waals surface area (Å²) in [5.74, 6) is -0.917. The highest BCUT2D eigenvalue weighted by molar-refractivity contribution is 5.84. The number of hydrogen-bond acceptors (Lipinski definition) is 5. The van der Waals surface area contributed by atoms with Gasteiger partial charge in [-0.15, -0.1) is 0 Å². The molecular weight excluding hydrogens is 363 g/mol. The van der Waals surface area contributed by atoms with E-state index in [1.807, 2.05) is 37.2 Å². The average Bonchev–Trinajstić information content (AvgIpc) is 2.66. The van der Waals surface area contributed by atoms with Crippen LogP contribution < -0.4 is 16.1 Å². The number of anilines is 1. The van der Waals surface area contributed by atoms with E-state index in [1.165, 1.54) is 30.5 Å². The second-order valence-electron chi connectivity index (χ2n) is 6.38. The molecule has 0 saturated carbocycles. The Morgan fingerprint density at radius 1 is 1.18 bits per heavy atom. The van der Waals surface area contributed by atoms with Crippen LogP contribution in [0.1, 0.15) is 11.1 Å². The standard InChI is InChI=1S/C20H19FN4O3/c1-24(2)16-5-3-4-15(10-16)22-11-17-18(26)23-20(28)25(19(17)27)12-13-6-8-14(21)9-7-13/h3-11,27H,12H2,1-2H3,(H,23,26,28). The number of aromatic nitrogens is 2. The molecule has 1 aromatic heterocycles. The maximum absolute atomic E-state index is 13.1. The molecule has 0 spiro atoms. The van der Waals surface area contributed by atoms with Crippen molar-refractivity contribution in [2.45, 2.75) is 6.54 Å². The molecule has 0 fully saturated rings. The summed E-state index contributed by atoms with van der Waals surface area (Å²) in [7, 11) is 3.79. The molecule has 0 unspecified atom stereocenters. The number of aromatic amines is 1. The van der Waals surface area contributed by atoms with Crippen molar-refractivity contribution in [2.75, 3.05) is 19.0 Å². The van der Waals surface area contributed by atoms with Gasteiger partial charge in [-0.05, 0) is 35.9 Å². The molecule has 28 heavy (non-hydrogen) atoms. The first-order valence-corrected chi connectivity index (χ1v) is 8.47. The van der Waals surface area contributed by atoms with Gasteiger partial charge in [0.15, 0.2) is 0 Å². The minimum Gasteiger partial charge on any atom is -0.494 e. The Morgan fingerprint density at radius 2 is 1.89 bits per heavy atom. The Bertz CT molecular complexity index is 1130. The van der Waals surface area contributed by atoms with Crippen LogP contribution in [0.3, 0.4) is 0 Å². The van der Waals surface area contributed by atoms with Crippen LogP contribution in [0.5, 0.6) is 5.88 Å². The van der Waals surface area contributed by atoms with E-state index in [2.05, 4.69) is 9.98 Å². The van der Waals surface area contributed by atoms with Crippen molar-refractivity contribution in [1.82, 2.24) is 9.55 Å². The summed E-state index contributed by atoms with van der Waals surface area (Å²) >= 11 is 0. The lowest BCUT2D eigenvalue weighted by Gasteiger charge is -2.12. The third-order valence-corrected chi connectivity index (χ3v) is 4.15. The fourth-order valence-electron chi connectivity index (χ4n) is 2.60. The normalized spacial score (nSPS) is 11.1. The van der Waals surface area contributed by atoms with Gasteiger partial charge in [-0.2, -0.15) is 0 Å². The number of halogens is 1. The molecule has 0 aliphatic heterocycles. The highest BCUT2D eigenvalue weighted by Gasteiger charge is 2.13. The molecule has 3 aromatic rings. The minimum absolute atomic E-state index is 0.0291. The number of hydrogen-bond donors (Lipinski definition) is 2. The average molecular weight is 382 g/mol. The second-order valence-corrected chi connectivity index (χ2v) is 6.38. The molecule has 0 radical (unpaired) electrons. The van der Waals surface area contributed by atoms with Crippen molar-refractivity contribution in [3.05, 3.63) is 86.3 Å². The summed E-state index contributed by atoms with van der Waals surface area (Å²) in [6.45, 7) is -0.0291. The summed E-state index contributed by atoms with van der Waals surface area (Å²) in [5.41, 5.74) is 0.448. The number of nitrogens with zero attached hydrogens (tertiary/aromatic N) is 3. The van der Waals surface area contributed by atoms with Crippen molar-refractivity contribution in [1.29, 1.82) is 0 Å². The van der Waals surface area contributed by atoms with Crippen LogP contribution in [-0.2, 0) is 6.54 Å². The molecule has 0 aliphatic carbocycles. The molecule has 1 heterocycles. The summed E-state index contributed by atoms with van der Waals surface area (Å²) in [6.07, 6.45) is 1.21. The molecule has 7 nitrogen and oxygen atoms in total. The second kappa shape index (κ2) is 7.91. The Hall–Kier alpha value is -3.68. The molecule has 3 rings (SSSR count). The van der Waals surface area contributed by atoms with Gasteiger partial charge in [-0.25, -0.2) is 9.18 Å². The number of aromatic hydroxyl groups is 1. The first kappa shape index (κ1) is 19.1. The van der Waals surface area contributed by atoms with Crippen molar-refractivity contribution in [3.63, 3.8) is 0 Å². The Balaban J connectivity index is 1.97. The molecule has 144 valence electrons. The zero-order valence-electron chi connectivity index (χ0n) is 15.4. The van der Waals surface area contributed by atoms with E-state index >= 15 is 0 Å². The van der Waals surface area contributed by atoms with Gasteiger partial charge in [0.1, 0.15) is 11.4 Å². The SMILES string of the molecule is CN(C)c1cccc(N=Cc2c(O)n(Cc3ccc(F)cc3)c(=O)[nH]c2=O)c1. The molecule has 2 aromatic carbocycles. The Kier molecular flexibility index (Phi) is 5.39. The van der Waals surface area contributed by atoms with Crippen molar-refractivity contribution < 1.29 is 9.50 Å². The first-order chi connectivity index (χ1) is 13.3. The molecular formula is C20H19FN4O3. The number of H-pyrrole nitrogens is 1. The summed E-state index contributed by atoms with van der Waals surface area (Å²) in [4.78, 5) is 32.5. The van der Waals surface area contributed by atoms with Crippen LogP contribution in [0.2, 0.25) is 0 Å². The summed E-state index contributed by atoms with van der Waals surface area (Å²) in [6, 6.07) is 12.8. The largest absolute Gasteiger partial charge is 0.494 e. The van der Waals surface area contributed by atoms with E-state index < -0.39 is 22.9 Å². The molecule has 0 bridgehead atoms. The third-order valence-electron chi connectivity index (χ3n) is 4.15. The van der Waals surface area contributed by atoms with Crippen LogP contribution in [0.15, 0.2) is 63.1 Å². The highest BCUT2D eigenvalue weighted by atomic mass is 19.1. The molecule has 2 N–H and O–H groups in total. The maximum atomic E-state index is 13.1. The smallest absolute Gasteiger partial charge is 0.331 e. The van der Waals surface area contributed by atoms with E-state index in [-0.39, 0.29) is 12.1 Å². The third kappa shape index (κ3) is 4.17. The van der Waals surface area contributed by atoms with E-state index in [4.69, 9.17) is 0 Å². The van der Waals surface area contributed by atoms with Crippen LogP contribution in [0.4, 0.5) is 15.8 Å². The van der Waals surface area contributed by atoms with E-state index in [0.29, 0.717) is 11.3 Å². The van der Waals surface area contributed by atoms with Gasteiger partial charge >= 0.3 is 5.69 Å². The summed E-state index contributed by atoms with van der Waals surface area (Å²) < 4.78 is 14.0. The Morgan fingerprint density at radius 3 is 2.57 bits per heavy atom. The van der Waals surface area contributed by atoms with Crippen molar-refractivity contribution >= 4 is 17.6 Å². The topological polar surface area (TPSA) is 90.7 Å². The lowest BCUT2D eigenvalue weighted by atomic mass is 10.2. The molecule has 0 aliphatic rings. The van der Waals surface area contributed by atoms with Crippen LogP contribution in [-0.4, -0.2) is 35.0 Å². The fraction of sp³-hybridized carbons (Fsp3) is 0.150. The van der Waals surface area contributed by atoms with Crippen LogP contribution in [0, 0.1) is 5.82 Å². The van der Waals surface area contributed by atoms with Gasteiger partial charge in [-0.3, -0.25) is 19.3 Å². The maximum Gasteiger partial charge on any atom is 0.331 e. The monoisotopic (exact) mass is 382 g/mol. The van der Waals surface area contributed by atoms with Gasteiger partial charge in [0.25, 0.3) is 5.56 Å². The van der Waals surface area contributed by atoms with E-state index in [1.54, 1.807) is 6.07 Å². The first-order valence-electron chi connectivity index (χ1n) is 8.47. The zero-order chi connectivity index (χ0) is 20.3. The fourth-order valence-corrected chi connectivity index (χ4v) is 2.60. The molecule has 8 heteroatoms. The number of benzene rings is 2. The van der Waals surface area contributed by atoms with E-state index in [9.17, 15) is 19.1 Å². The van der Waals surface area contributed by atoms with Gasteiger partial charge in [-0.1, -0.05) is 18.2 Å². The lowest BCUT2D eigenvalue weighted by molar-refractivity contribution is 0.408. The van der Waals surface area contributed by atoms with Crippen LogP contribution >= 0.6 is 0 Å².